The smallest absolute Gasteiger partial charge is 0.00109 e. The third-order valence-corrected chi connectivity index (χ3v) is 2.22. The van der Waals surface area contributed by atoms with Crippen molar-refractivity contribution in [1.29, 1.82) is 0 Å². The fourth-order valence-corrected chi connectivity index (χ4v) is 1.26. The Kier molecular flexibility index (Phi) is 3.71. The monoisotopic (exact) mass is 175 g/mol. The van der Waals surface area contributed by atoms with Gasteiger partial charge in [0.25, 0.3) is 0 Å². The molecule has 1 aromatic carbocycles. The molecule has 0 spiro atoms. The average Bonchev–Trinajstić information content (AvgIpc) is 2.18. The van der Waals surface area contributed by atoms with Crippen LogP contribution in [-0.2, 0) is 0 Å². The lowest BCUT2D eigenvalue weighted by atomic mass is 10.00. The second-order valence-electron chi connectivity index (χ2n) is 3.30. The molecule has 0 aromatic heterocycles. The molecule has 70 valence electrons. The Hall–Kier alpha value is -1.08. The van der Waals surface area contributed by atoms with Crippen molar-refractivity contribution >= 4 is 6.08 Å². The molecule has 0 aliphatic rings. The summed E-state index contributed by atoms with van der Waals surface area (Å²) in [5.41, 5.74) is 8.15. The lowest BCUT2D eigenvalue weighted by molar-refractivity contribution is 0.774. The lowest BCUT2D eigenvalue weighted by Gasteiger charge is -2.08. The van der Waals surface area contributed by atoms with Gasteiger partial charge in [0.2, 0.25) is 0 Å². The van der Waals surface area contributed by atoms with Gasteiger partial charge in [0.05, 0.1) is 0 Å². The minimum absolute atomic E-state index is 0.458. The van der Waals surface area contributed by atoms with Gasteiger partial charge in [-0.1, -0.05) is 43.3 Å². The molecule has 13 heavy (non-hydrogen) atoms. The van der Waals surface area contributed by atoms with Crippen LogP contribution in [0.3, 0.4) is 0 Å². The molecule has 0 saturated heterocycles. The largest absolute Gasteiger partial charge is 0.330 e. The normalized spacial score (nSPS) is 13.5. The van der Waals surface area contributed by atoms with Crippen LogP contribution in [0.1, 0.15) is 30.9 Å². The first-order valence-electron chi connectivity index (χ1n) is 4.70. The van der Waals surface area contributed by atoms with Gasteiger partial charge in [-0.3, -0.25) is 0 Å². The Labute approximate surface area is 80.3 Å². The molecule has 0 saturated carbocycles. The highest BCUT2D eigenvalue weighted by Crippen LogP contribution is 2.14. The molecule has 0 aliphatic heterocycles. The van der Waals surface area contributed by atoms with Crippen molar-refractivity contribution in [3.63, 3.8) is 0 Å². The van der Waals surface area contributed by atoms with Crippen LogP contribution in [0.4, 0.5) is 0 Å². The number of hydrogen-bond donors (Lipinski definition) is 1. The summed E-state index contributed by atoms with van der Waals surface area (Å²) in [6, 6.07) is 8.54. The second kappa shape index (κ2) is 4.83. The van der Waals surface area contributed by atoms with Crippen LogP contribution in [0, 0.1) is 0 Å². The minimum atomic E-state index is 0.458. The van der Waals surface area contributed by atoms with Gasteiger partial charge >= 0.3 is 0 Å². The molecule has 1 nitrogen and oxygen atoms in total. The highest BCUT2D eigenvalue weighted by Gasteiger charge is 2.00. The molecule has 0 aliphatic carbocycles. The first-order chi connectivity index (χ1) is 6.27. The molecule has 1 rings (SSSR count). The zero-order chi connectivity index (χ0) is 9.68. The van der Waals surface area contributed by atoms with Crippen molar-refractivity contribution in [1.82, 2.24) is 0 Å². The summed E-state index contributed by atoms with van der Waals surface area (Å²) in [6.45, 7) is 4.88. The van der Waals surface area contributed by atoms with Gasteiger partial charge in [0.15, 0.2) is 0 Å². The molecule has 0 bridgehead atoms. The Morgan fingerprint density at radius 2 is 1.92 bits per heavy atom. The van der Waals surface area contributed by atoms with Gasteiger partial charge in [0, 0.05) is 0 Å². The summed E-state index contributed by atoms with van der Waals surface area (Å²) < 4.78 is 0. The maximum absolute atomic E-state index is 5.59. The average molecular weight is 175 g/mol. The van der Waals surface area contributed by atoms with Crippen molar-refractivity contribution in [2.75, 3.05) is 6.54 Å². The van der Waals surface area contributed by atoms with E-state index < -0.39 is 0 Å². The lowest BCUT2D eigenvalue weighted by Crippen LogP contribution is -2.08. The Bertz CT molecular complexity index is 272. The van der Waals surface area contributed by atoms with Crippen LogP contribution in [0.15, 0.2) is 30.3 Å². The first kappa shape index (κ1) is 10.0. The fourth-order valence-electron chi connectivity index (χ4n) is 1.26. The van der Waals surface area contributed by atoms with Gasteiger partial charge < -0.3 is 5.73 Å². The van der Waals surface area contributed by atoms with E-state index in [1.54, 1.807) is 0 Å². The molecule has 0 amide bonds. The zero-order valence-corrected chi connectivity index (χ0v) is 8.33. The van der Waals surface area contributed by atoms with E-state index in [-0.39, 0.29) is 0 Å². The number of rotatable bonds is 3. The maximum atomic E-state index is 5.59. The van der Waals surface area contributed by atoms with Crippen molar-refractivity contribution < 1.29 is 0 Å². The van der Waals surface area contributed by atoms with Gasteiger partial charge in [-0.05, 0) is 30.5 Å². The van der Waals surface area contributed by atoms with Crippen molar-refractivity contribution in [2.45, 2.75) is 19.8 Å². The number of allylic oxidation sites excluding steroid dienone is 1. The van der Waals surface area contributed by atoms with E-state index in [1.165, 1.54) is 11.1 Å². The summed E-state index contributed by atoms with van der Waals surface area (Å²) in [6.07, 6.45) is 4.14. The summed E-state index contributed by atoms with van der Waals surface area (Å²) in [4.78, 5) is 0. The standard InChI is InChI=1S/C12H17N/c1-3-4-11-5-7-12(8-6-11)10(2)9-13/h3-8,10H,9,13H2,1-2H3/b4-3-. The first-order valence-corrected chi connectivity index (χ1v) is 4.70. The molecule has 1 unspecified atom stereocenters. The highest BCUT2D eigenvalue weighted by atomic mass is 14.5. The molecule has 0 radical (unpaired) electrons. The quantitative estimate of drug-likeness (QED) is 0.751. The van der Waals surface area contributed by atoms with Gasteiger partial charge in [-0.2, -0.15) is 0 Å². The molecule has 1 aromatic rings. The Balaban J connectivity index is 2.80. The number of nitrogens with two attached hydrogens (primary N) is 1. The SMILES string of the molecule is C/C=C\c1ccc(C(C)CN)cc1. The van der Waals surface area contributed by atoms with Crippen molar-refractivity contribution in [2.24, 2.45) is 5.73 Å². The van der Waals surface area contributed by atoms with Gasteiger partial charge in [0.1, 0.15) is 0 Å². The molecular formula is C12H17N. The summed E-state index contributed by atoms with van der Waals surface area (Å²) >= 11 is 0. The van der Waals surface area contributed by atoms with E-state index >= 15 is 0 Å². The minimum Gasteiger partial charge on any atom is -0.330 e. The van der Waals surface area contributed by atoms with E-state index in [0.29, 0.717) is 12.5 Å². The molecule has 2 N–H and O–H groups in total. The van der Waals surface area contributed by atoms with E-state index in [0.717, 1.165) is 0 Å². The second-order valence-corrected chi connectivity index (χ2v) is 3.30. The molecule has 1 heteroatoms. The van der Waals surface area contributed by atoms with Crippen molar-refractivity contribution in [3.8, 4) is 0 Å². The van der Waals surface area contributed by atoms with Crippen LogP contribution in [0.2, 0.25) is 0 Å². The predicted molar refractivity (Wildman–Crippen MR) is 58.6 cm³/mol. The Morgan fingerprint density at radius 1 is 1.31 bits per heavy atom. The van der Waals surface area contributed by atoms with Gasteiger partial charge in [-0.25, -0.2) is 0 Å². The molecule has 1 atom stereocenters. The van der Waals surface area contributed by atoms with Crippen LogP contribution in [-0.4, -0.2) is 6.54 Å². The fraction of sp³-hybridized carbons (Fsp3) is 0.333. The predicted octanol–water partition coefficient (Wildman–Crippen LogP) is 2.78. The molecule has 0 fully saturated rings. The van der Waals surface area contributed by atoms with E-state index in [1.807, 2.05) is 13.0 Å². The van der Waals surface area contributed by atoms with Crippen LogP contribution >= 0.6 is 0 Å². The topological polar surface area (TPSA) is 26.0 Å². The highest BCUT2D eigenvalue weighted by molar-refractivity contribution is 5.49. The Morgan fingerprint density at radius 3 is 2.38 bits per heavy atom. The van der Waals surface area contributed by atoms with Crippen LogP contribution in [0.25, 0.3) is 6.08 Å². The summed E-state index contributed by atoms with van der Waals surface area (Å²) in [5, 5.41) is 0. The van der Waals surface area contributed by atoms with E-state index in [2.05, 4.69) is 37.3 Å². The third kappa shape index (κ3) is 2.71. The van der Waals surface area contributed by atoms with Crippen LogP contribution in [0.5, 0.6) is 0 Å². The van der Waals surface area contributed by atoms with E-state index in [9.17, 15) is 0 Å². The summed E-state index contributed by atoms with van der Waals surface area (Å²) in [5.74, 6) is 0.458. The number of hydrogen-bond acceptors (Lipinski definition) is 1. The van der Waals surface area contributed by atoms with Crippen LogP contribution < -0.4 is 5.73 Å². The summed E-state index contributed by atoms with van der Waals surface area (Å²) in [7, 11) is 0. The maximum Gasteiger partial charge on any atom is -0.00109 e. The van der Waals surface area contributed by atoms with Crippen molar-refractivity contribution in [3.05, 3.63) is 41.5 Å². The molecule has 0 heterocycles. The number of benzene rings is 1. The third-order valence-electron chi connectivity index (χ3n) is 2.22. The molecular weight excluding hydrogens is 158 g/mol. The zero-order valence-electron chi connectivity index (χ0n) is 8.33. The van der Waals surface area contributed by atoms with Gasteiger partial charge in [-0.15, -0.1) is 0 Å². The van der Waals surface area contributed by atoms with E-state index in [4.69, 9.17) is 5.73 Å².